The van der Waals surface area contributed by atoms with Gasteiger partial charge in [0.25, 0.3) is 0 Å². The lowest BCUT2D eigenvalue weighted by atomic mass is 10.2. The molecule has 0 aromatic carbocycles. The summed E-state index contributed by atoms with van der Waals surface area (Å²) in [6.07, 6.45) is 30.1. The molecule has 0 spiro atoms. The molecule has 0 aromatic rings. The number of nitrogens with one attached hydrogen (secondary N) is 1. The molecule has 1 amide bonds. The minimum atomic E-state index is -1.08. The summed E-state index contributed by atoms with van der Waals surface area (Å²) in [5.41, 5.74) is 0. The van der Waals surface area contributed by atoms with E-state index in [1.54, 1.807) is 6.08 Å². The number of amides is 1. The zero-order valence-corrected chi connectivity index (χ0v) is 18.7. The van der Waals surface area contributed by atoms with Crippen LogP contribution in [0.25, 0.3) is 0 Å². The molecule has 0 atom stereocenters. The van der Waals surface area contributed by atoms with E-state index in [1.165, 1.54) is 0 Å². The van der Waals surface area contributed by atoms with Gasteiger partial charge in [-0.05, 0) is 38.5 Å². The Kier molecular flexibility index (Phi) is 20.9. The number of carbonyl (C=O) groups excluding carboxylic acids is 1. The van der Waals surface area contributed by atoms with Gasteiger partial charge in [0.05, 0.1) is 18.5 Å². The maximum atomic E-state index is 11.4. The Hall–Kier alpha value is -2.47. The minimum absolute atomic E-state index is 0.212. The highest BCUT2D eigenvalue weighted by Gasteiger charge is 2.01. The van der Waals surface area contributed by atoms with Gasteiger partial charge in [0, 0.05) is 12.3 Å². The summed E-state index contributed by atoms with van der Waals surface area (Å²) >= 11 is 0.952. The minimum Gasteiger partial charge on any atom is -0.465 e. The van der Waals surface area contributed by atoms with Crippen LogP contribution >= 0.6 is 12.0 Å². The lowest BCUT2D eigenvalue weighted by Crippen LogP contribution is -2.23. The van der Waals surface area contributed by atoms with Crippen LogP contribution in [0, 0.1) is 0 Å². The van der Waals surface area contributed by atoms with Crippen LogP contribution in [0.5, 0.6) is 0 Å². The highest BCUT2D eigenvalue weighted by molar-refractivity contribution is 7.95. The molecule has 166 valence electrons. The maximum Gasteiger partial charge on any atom is 0.404 e. The van der Waals surface area contributed by atoms with Gasteiger partial charge in [-0.1, -0.05) is 79.8 Å². The van der Waals surface area contributed by atoms with Crippen LogP contribution in [0.2, 0.25) is 0 Å². The first-order chi connectivity index (χ1) is 14.7. The van der Waals surface area contributed by atoms with Crippen molar-refractivity contribution in [3.05, 3.63) is 72.9 Å². The molecule has 6 heteroatoms. The Morgan fingerprint density at radius 2 is 1.20 bits per heavy atom. The summed E-state index contributed by atoms with van der Waals surface area (Å²) in [5, 5.41) is 10.6. The molecule has 0 bridgehead atoms. The van der Waals surface area contributed by atoms with Crippen molar-refractivity contribution >= 4 is 24.1 Å². The molecule has 30 heavy (non-hydrogen) atoms. The average Bonchev–Trinajstić information content (AvgIpc) is 2.72. The van der Waals surface area contributed by atoms with Crippen LogP contribution in [0.3, 0.4) is 0 Å². The number of hydrogen-bond donors (Lipinski definition) is 2. The van der Waals surface area contributed by atoms with Crippen LogP contribution in [-0.2, 0) is 8.98 Å². The Balaban J connectivity index is 3.58. The summed E-state index contributed by atoms with van der Waals surface area (Å²) in [6.45, 7) is 2.38. The molecule has 0 saturated heterocycles. The highest BCUT2D eigenvalue weighted by atomic mass is 32.2. The molecule has 5 nitrogen and oxygen atoms in total. The van der Waals surface area contributed by atoms with E-state index < -0.39 is 6.09 Å². The van der Waals surface area contributed by atoms with E-state index in [0.717, 1.165) is 50.6 Å². The van der Waals surface area contributed by atoms with Gasteiger partial charge < -0.3 is 14.6 Å². The number of rotatable bonds is 17. The first-order valence-corrected chi connectivity index (χ1v) is 11.3. The van der Waals surface area contributed by atoms with E-state index in [0.29, 0.717) is 5.75 Å². The molecule has 2 N–H and O–H groups in total. The molecule has 0 aliphatic rings. The van der Waals surface area contributed by atoms with E-state index >= 15 is 0 Å². The molecule has 0 saturated carbocycles. The number of allylic oxidation sites excluding steroid dienone is 11. The van der Waals surface area contributed by atoms with Gasteiger partial charge in [-0.25, -0.2) is 4.79 Å². The third-order valence-electron chi connectivity index (χ3n) is 3.49. The van der Waals surface area contributed by atoms with E-state index in [4.69, 9.17) is 9.29 Å². The van der Waals surface area contributed by atoms with Gasteiger partial charge >= 0.3 is 12.1 Å². The molecule has 0 unspecified atom stereocenters. The van der Waals surface area contributed by atoms with E-state index in [1.807, 2.05) is 6.08 Å². The van der Waals surface area contributed by atoms with Crippen LogP contribution in [0.4, 0.5) is 4.79 Å². The lowest BCUT2D eigenvalue weighted by Gasteiger charge is -2.00. The summed E-state index contributed by atoms with van der Waals surface area (Å²) in [6, 6.07) is 0. The van der Waals surface area contributed by atoms with E-state index in [9.17, 15) is 9.59 Å². The van der Waals surface area contributed by atoms with Crippen molar-refractivity contribution in [1.29, 1.82) is 0 Å². The summed E-state index contributed by atoms with van der Waals surface area (Å²) < 4.78 is 4.91. The van der Waals surface area contributed by atoms with Gasteiger partial charge in [0.15, 0.2) is 0 Å². The lowest BCUT2D eigenvalue weighted by molar-refractivity contribution is -0.132. The van der Waals surface area contributed by atoms with E-state index in [-0.39, 0.29) is 18.9 Å². The Labute approximate surface area is 185 Å². The molecule has 0 radical (unpaired) electrons. The largest absolute Gasteiger partial charge is 0.465 e. The van der Waals surface area contributed by atoms with Crippen LogP contribution < -0.4 is 5.32 Å². The zero-order chi connectivity index (χ0) is 22.1. The molecular weight excluding hydrogens is 398 g/mol. The number of hydrogen-bond acceptors (Lipinski definition) is 4. The zero-order valence-electron chi connectivity index (χ0n) is 17.9. The van der Waals surface area contributed by atoms with Gasteiger partial charge in [-0.3, -0.25) is 4.79 Å². The third kappa shape index (κ3) is 23.6. The predicted octanol–water partition coefficient (Wildman–Crippen LogP) is 6.53. The quantitative estimate of drug-likeness (QED) is 0.155. The molecule has 0 rings (SSSR count). The smallest absolute Gasteiger partial charge is 0.404 e. The van der Waals surface area contributed by atoms with Crippen molar-refractivity contribution in [1.82, 2.24) is 5.32 Å². The van der Waals surface area contributed by atoms with Crippen LogP contribution in [0.1, 0.15) is 51.9 Å². The Morgan fingerprint density at radius 3 is 1.63 bits per heavy atom. The number of carboxylic acid groups (broad SMARTS) is 1. The molecule has 0 heterocycles. The standard InChI is InChI=1S/C24H35NO4S/c1-2-3-4-5-6-7-8-9-10-11-12-13-14-15-16-17-18-19-20-23(26)29-30-22-21-25-24(27)28/h3-4,6-7,9-10,12-13,15-16,18-19,25H,2,5,8,11,14,17,20-22H2,1H3,(H,27,28)/b4-3-,7-6-,10-9-,13-12-,16-15-,19-18-. The summed E-state index contributed by atoms with van der Waals surface area (Å²) in [5.74, 6) is 0.0530. The van der Waals surface area contributed by atoms with Crippen molar-refractivity contribution in [2.75, 3.05) is 12.3 Å². The van der Waals surface area contributed by atoms with Gasteiger partial charge in [0.1, 0.15) is 0 Å². The van der Waals surface area contributed by atoms with Crippen molar-refractivity contribution in [2.45, 2.75) is 51.9 Å². The fourth-order valence-electron chi connectivity index (χ4n) is 2.04. The molecule has 0 aromatic heterocycles. The SMILES string of the molecule is CC/C=C\C/C=C\C/C=C\C/C=C\C/C=C\C/C=C\CC(=O)OSCCNC(=O)O. The van der Waals surface area contributed by atoms with Crippen LogP contribution in [-0.4, -0.2) is 29.5 Å². The average molecular weight is 434 g/mol. The Morgan fingerprint density at radius 1 is 0.767 bits per heavy atom. The van der Waals surface area contributed by atoms with Crippen molar-refractivity contribution < 1.29 is 18.9 Å². The maximum absolute atomic E-state index is 11.4. The van der Waals surface area contributed by atoms with Crippen LogP contribution in [0.15, 0.2) is 72.9 Å². The van der Waals surface area contributed by atoms with E-state index in [2.05, 4.69) is 73.0 Å². The Bertz CT molecular complexity index is 619. The van der Waals surface area contributed by atoms with Crippen molar-refractivity contribution in [2.24, 2.45) is 0 Å². The van der Waals surface area contributed by atoms with Gasteiger partial charge in [-0.2, -0.15) is 0 Å². The molecule has 0 fully saturated rings. The first kappa shape index (κ1) is 27.5. The van der Waals surface area contributed by atoms with Crippen molar-refractivity contribution in [3.8, 4) is 0 Å². The predicted molar refractivity (Wildman–Crippen MR) is 127 cm³/mol. The topological polar surface area (TPSA) is 75.6 Å². The fourth-order valence-corrected chi connectivity index (χ4v) is 2.51. The second kappa shape index (κ2) is 22.8. The van der Waals surface area contributed by atoms with Gasteiger partial charge in [-0.15, -0.1) is 0 Å². The van der Waals surface area contributed by atoms with Crippen molar-refractivity contribution in [3.63, 3.8) is 0 Å². The van der Waals surface area contributed by atoms with Gasteiger partial charge in [0.2, 0.25) is 0 Å². The third-order valence-corrected chi connectivity index (χ3v) is 4.17. The number of carbonyl (C=O) groups is 2. The normalized spacial score (nSPS) is 12.4. The first-order valence-electron chi connectivity index (χ1n) is 10.4. The fraction of sp³-hybridized carbons (Fsp3) is 0.417. The molecule has 0 aliphatic heterocycles. The molecular formula is C24H35NO4S. The molecule has 0 aliphatic carbocycles. The highest BCUT2D eigenvalue weighted by Crippen LogP contribution is 2.04. The summed E-state index contributed by atoms with van der Waals surface area (Å²) in [4.78, 5) is 21.7. The second-order valence-electron chi connectivity index (χ2n) is 6.13. The monoisotopic (exact) mass is 433 g/mol. The summed E-state index contributed by atoms with van der Waals surface area (Å²) in [7, 11) is 0. The second-order valence-corrected chi connectivity index (χ2v) is 6.94.